The van der Waals surface area contributed by atoms with Gasteiger partial charge in [0.05, 0.1) is 6.20 Å². The fourth-order valence-corrected chi connectivity index (χ4v) is 3.09. The number of thiol groups is 1. The quantitative estimate of drug-likeness (QED) is 0.650. The Morgan fingerprint density at radius 3 is 2.92 bits per heavy atom. The van der Waals surface area contributed by atoms with E-state index in [1.807, 2.05) is 6.92 Å². The summed E-state index contributed by atoms with van der Waals surface area (Å²) in [4.78, 5) is 22.0. The Bertz CT molecular complexity index is 780. The summed E-state index contributed by atoms with van der Waals surface area (Å²) >= 11 is 5.40. The molecule has 0 saturated carbocycles. The van der Waals surface area contributed by atoms with Gasteiger partial charge in [-0.05, 0) is 24.2 Å². The van der Waals surface area contributed by atoms with Gasteiger partial charge in [0.1, 0.15) is 21.5 Å². The lowest BCUT2D eigenvalue weighted by molar-refractivity contribution is -0.117. The number of nitrogens with zero attached hydrogens (tertiary/aromatic N) is 3. The highest BCUT2D eigenvalue weighted by Crippen LogP contribution is 2.34. The van der Waals surface area contributed by atoms with Crippen LogP contribution in [-0.2, 0) is 4.79 Å². The molecule has 0 radical (unpaired) electrons. The Labute approximate surface area is 150 Å². The van der Waals surface area contributed by atoms with Gasteiger partial charge in [0, 0.05) is 31.6 Å². The van der Waals surface area contributed by atoms with E-state index in [-0.39, 0.29) is 5.91 Å². The number of amides is 1. The number of hydrogen-bond acceptors (Lipinski definition) is 5. The molecule has 24 heavy (non-hydrogen) atoms. The highest BCUT2D eigenvalue weighted by molar-refractivity contribution is 7.80. The van der Waals surface area contributed by atoms with Crippen LogP contribution in [0, 0.1) is 17.7 Å². The van der Waals surface area contributed by atoms with Crippen LogP contribution < -0.4 is 4.90 Å². The zero-order chi connectivity index (χ0) is 17.5. The maximum absolute atomic E-state index is 13.4. The Balaban J connectivity index is 2.44. The van der Waals surface area contributed by atoms with E-state index >= 15 is 0 Å². The van der Waals surface area contributed by atoms with Crippen LogP contribution in [0.2, 0.25) is 0 Å². The van der Waals surface area contributed by atoms with Gasteiger partial charge in [-0.2, -0.15) is 12.6 Å². The first-order valence-corrected chi connectivity index (χ1v) is 8.99. The van der Waals surface area contributed by atoms with E-state index in [1.54, 1.807) is 18.1 Å². The number of unbranched alkanes of at least 4 members (excludes halogenated alkanes) is 1. The van der Waals surface area contributed by atoms with Gasteiger partial charge in [0.15, 0.2) is 0 Å². The summed E-state index contributed by atoms with van der Waals surface area (Å²) in [5.74, 6) is 6.05. The van der Waals surface area contributed by atoms with Gasteiger partial charge in [0.25, 0.3) is 0 Å². The zero-order valence-electron chi connectivity index (χ0n) is 13.5. The first kappa shape index (κ1) is 18.4. The molecular weight excluding hydrogens is 345 g/mol. The monoisotopic (exact) mass is 363 g/mol. The van der Waals surface area contributed by atoms with Crippen LogP contribution >= 0.6 is 24.0 Å². The SMILES string of the molecule is CCCC#Cc1nc(-c2cncc(F)c2)sc1N(C)C(=O)CCS. The summed E-state index contributed by atoms with van der Waals surface area (Å²) in [5.41, 5.74) is 1.10. The van der Waals surface area contributed by atoms with E-state index < -0.39 is 5.82 Å². The number of thiazole rings is 1. The summed E-state index contributed by atoms with van der Waals surface area (Å²) in [6, 6.07) is 1.37. The number of hydrogen-bond donors (Lipinski definition) is 1. The second kappa shape index (κ2) is 8.81. The van der Waals surface area contributed by atoms with Crippen LogP contribution in [0.3, 0.4) is 0 Å². The molecule has 2 aromatic heterocycles. The molecule has 1 amide bonds. The fraction of sp³-hybridized carbons (Fsp3) is 0.353. The molecular formula is C17H18FN3OS2. The molecule has 126 valence electrons. The number of halogens is 1. The summed E-state index contributed by atoms with van der Waals surface area (Å²) in [6.45, 7) is 2.04. The molecule has 0 fully saturated rings. The average molecular weight is 363 g/mol. The van der Waals surface area contributed by atoms with Gasteiger partial charge in [-0.25, -0.2) is 9.37 Å². The number of aromatic nitrogens is 2. The van der Waals surface area contributed by atoms with Crippen LogP contribution in [-0.4, -0.2) is 28.7 Å². The zero-order valence-corrected chi connectivity index (χ0v) is 15.3. The maximum atomic E-state index is 13.4. The molecule has 2 aromatic rings. The van der Waals surface area contributed by atoms with Crippen LogP contribution in [0.25, 0.3) is 10.6 Å². The third kappa shape index (κ3) is 4.56. The summed E-state index contributed by atoms with van der Waals surface area (Å²) in [5, 5.41) is 1.24. The van der Waals surface area contributed by atoms with E-state index in [4.69, 9.17) is 0 Å². The molecule has 0 bridgehead atoms. The molecule has 4 nitrogen and oxygen atoms in total. The molecule has 7 heteroatoms. The van der Waals surface area contributed by atoms with Crippen molar-refractivity contribution >= 4 is 34.9 Å². The van der Waals surface area contributed by atoms with Crippen LogP contribution in [0.5, 0.6) is 0 Å². The van der Waals surface area contributed by atoms with Crippen LogP contribution in [0.15, 0.2) is 18.5 Å². The van der Waals surface area contributed by atoms with Crippen molar-refractivity contribution in [1.29, 1.82) is 0 Å². The Morgan fingerprint density at radius 2 is 2.25 bits per heavy atom. The minimum absolute atomic E-state index is 0.0592. The number of carbonyl (C=O) groups excluding carboxylic acids is 1. The maximum Gasteiger partial charge on any atom is 0.228 e. The molecule has 0 aliphatic carbocycles. The average Bonchev–Trinajstić information content (AvgIpc) is 2.99. The molecule has 2 heterocycles. The van der Waals surface area contributed by atoms with Crippen molar-refractivity contribution in [2.45, 2.75) is 26.2 Å². The van der Waals surface area contributed by atoms with Gasteiger partial charge < -0.3 is 4.90 Å². The molecule has 0 unspecified atom stereocenters. The van der Waals surface area contributed by atoms with Gasteiger partial charge >= 0.3 is 0 Å². The van der Waals surface area contributed by atoms with Crippen molar-refractivity contribution in [2.75, 3.05) is 17.7 Å². The highest BCUT2D eigenvalue weighted by Gasteiger charge is 2.19. The van der Waals surface area contributed by atoms with Crippen LogP contribution in [0.1, 0.15) is 31.9 Å². The standard InChI is InChI=1S/C17H18FN3OS2/c1-3-4-5-6-14-17(21(2)15(22)7-8-23)24-16(20-14)12-9-13(18)11-19-10-12/h9-11,23H,3-4,7-8H2,1-2H3. The van der Waals surface area contributed by atoms with Crippen molar-refractivity contribution in [1.82, 2.24) is 9.97 Å². The second-order valence-corrected chi connectivity index (χ2v) is 6.47. The molecule has 0 aliphatic heterocycles. The molecule has 0 N–H and O–H groups in total. The number of carbonyl (C=O) groups is 1. The lowest BCUT2D eigenvalue weighted by Gasteiger charge is -2.14. The highest BCUT2D eigenvalue weighted by atomic mass is 32.1. The predicted octanol–water partition coefficient (Wildman–Crippen LogP) is 3.78. The third-order valence-electron chi connectivity index (χ3n) is 3.15. The number of rotatable bonds is 5. The molecule has 0 saturated heterocycles. The van der Waals surface area contributed by atoms with Crippen molar-refractivity contribution in [3.05, 3.63) is 30.0 Å². The van der Waals surface area contributed by atoms with E-state index in [0.717, 1.165) is 19.0 Å². The minimum Gasteiger partial charge on any atom is -0.305 e. The summed E-state index contributed by atoms with van der Waals surface area (Å²) in [7, 11) is 1.69. The van der Waals surface area contributed by atoms with E-state index in [9.17, 15) is 9.18 Å². The molecule has 0 aliphatic rings. The first-order valence-electron chi connectivity index (χ1n) is 7.54. The van der Waals surface area contributed by atoms with Gasteiger partial charge in [0.2, 0.25) is 5.91 Å². The summed E-state index contributed by atoms with van der Waals surface area (Å²) < 4.78 is 13.4. The third-order valence-corrected chi connectivity index (χ3v) is 4.55. The van der Waals surface area contributed by atoms with Gasteiger partial charge in [-0.3, -0.25) is 9.78 Å². The van der Waals surface area contributed by atoms with Crippen molar-refractivity contribution in [3.63, 3.8) is 0 Å². The number of pyridine rings is 1. The first-order chi connectivity index (χ1) is 11.6. The predicted molar refractivity (Wildman–Crippen MR) is 99.0 cm³/mol. The Kier molecular flexibility index (Phi) is 6.76. The normalized spacial score (nSPS) is 10.2. The van der Waals surface area contributed by atoms with Crippen molar-refractivity contribution < 1.29 is 9.18 Å². The second-order valence-electron chi connectivity index (χ2n) is 5.04. The van der Waals surface area contributed by atoms with Crippen molar-refractivity contribution in [2.24, 2.45) is 0 Å². The van der Waals surface area contributed by atoms with Crippen LogP contribution in [0.4, 0.5) is 9.39 Å². The lowest BCUT2D eigenvalue weighted by atomic mass is 10.3. The summed E-state index contributed by atoms with van der Waals surface area (Å²) in [6.07, 6.45) is 4.71. The molecule has 0 spiro atoms. The molecule has 2 rings (SSSR count). The number of anilines is 1. The largest absolute Gasteiger partial charge is 0.305 e. The fourth-order valence-electron chi connectivity index (χ4n) is 1.92. The smallest absolute Gasteiger partial charge is 0.228 e. The minimum atomic E-state index is -0.428. The van der Waals surface area contributed by atoms with E-state index in [1.165, 1.54) is 17.4 Å². The lowest BCUT2D eigenvalue weighted by Crippen LogP contribution is -2.26. The van der Waals surface area contributed by atoms with E-state index in [2.05, 4.69) is 34.4 Å². The Morgan fingerprint density at radius 1 is 1.46 bits per heavy atom. The van der Waals surface area contributed by atoms with E-state index in [0.29, 0.717) is 33.4 Å². The van der Waals surface area contributed by atoms with Gasteiger partial charge in [-0.15, -0.1) is 0 Å². The topological polar surface area (TPSA) is 46.1 Å². The van der Waals surface area contributed by atoms with Gasteiger partial charge in [-0.1, -0.05) is 24.2 Å². The van der Waals surface area contributed by atoms with Crippen molar-refractivity contribution in [3.8, 4) is 22.4 Å². The molecule has 0 aromatic carbocycles. The Hall–Kier alpha value is -1.91. The molecule has 0 atom stereocenters.